The molecule has 29 heavy (non-hydrogen) atoms. The van der Waals surface area contributed by atoms with E-state index in [1.54, 1.807) is 19.5 Å². The second-order valence-electron chi connectivity index (χ2n) is 8.76. The molecule has 1 unspecified atom stereocenters. The molecule has 1 aliphatic heterocycles. The fourth-order valence-corrected chi connectivity index (χ4v) is 4.21. The average Bonchev–Trinajstić information content (AvgIpc) is 3.06. The van der Waals surface area contributed by atoms with E-state index in [2.05, 4.69) is 30.7 Å². The normalized spacial score (nSPS) is 17.1. The molecule has 4 rings (SSSR count). The van der Waals surface area contributed by atoms with E-state index in [0.29, 0.717) is 30.7 Å². The zero-order valence-corrected chi connectivity index (χ0v) is 17.3. The van der Waals surface area contributed by atoms with Crippen molar-refractivity contribution in [2.45, 2.75) is 39.7 Å². The van der Waals surface area contributed by atoms with Crippen LogP contribution in [0.2, 0.25) is 0 Å². The highest BCUT2D eigenvalue weighted by atomic mass is 16.5. The lowest BCUT2D eigenvalue weighted by atomic mass is 9.81. The minimum atomic E-state index is -0.111. The Morgan fingerprint density at radius 2 is 2.03 bits per heavy atom. The van der Waals surface area contributed by atoms with E-state index in [4.69, 9.17) is 4.74 Å². The van der Waals surface area contributed by atoms with Gasteiger partial charge in [0.15, 0.2) is 11.5 Å². The molecule has 0 aliphatic carbocycles. The molecular weight excluding hydrogens is 366 g/mol. The van der Waals surface area contributed by atoms with Crippen LogP contribution in [-0.2, 0) is 12.8 Å². The van der Waals surface area contributed by atoms with Gasteiger partial charge in [0, 0.05) is 18.2 Å². The molecule has 1 amide bonds. The lowest BCUT2D eigenvalue weighted by Gasteiger charge is -2.39. The molecule has 2 heterocycles. The maximum Gasteiger partial charge on any atom is 0.254 e. The summed E-state index contributed by atoms with van der Waals surface area (Å²) in [4.78, 5) is 22.8. The Morgan fingerprint density at radius 3 is 2.76 bits per heavy atom. The number of H-pyrrole nitrogens is 1. The molecule has 0 radical (unpaired) electrons. The number of ether oxygens (including phenoxy) is 1. The Bertz CT molecular complexity index is 1060. The summed E-state index contributed by atoms with van der Waals surface area (Å²) in [6.07, 6.45) is 3.05. The van der Waals surface area contributed by atoms with Crippen molar-refractivity contribution in [3.8, 4) is 11.5 Å². The SMILES string of the molecule is COc1cc2c(cc1O)CCN(C(=O)c1ccc3nc[nH]c3c1)C(C(C)(C)C)C2. The van der Waals surface area contributed by atoms with Gasteiger partial charge in [0.25, 0.3) is 5.91 Å². The van der Waals surface area contributed by atoms with Crippen molar-refractivity contribution in [3.05, 3.63) is 53.3 Å². The van der Waals surface area contributed by atoms with Crippen LogP contribution in [0, 0.1) is 5.41 Å². The van der Waals surface area contributed by atoms with Crippen LogP contribution < -0.4 is 4.74 Å². The Morgan fingerprint density at radius 1 is 1.24 bits per heavy atom. The number of benzene rings is 2. The van der Waals surface area contributed by atoms with Gasteiger partial charge in [0.05, 0.1) is 24.5 Å². The summed E-state index contributed by atoms with van der Waals surface area (Å²) in [7, 11) is 1.56. The Kier molecular flexibility index (Phi) is 4.73. The van der Waals surface area contributed by atoms with Crippen LogP contribution in [0.1, 0.15) is 42.3 Å². The predicted octanol–water partition coefficient (Wildman–Crippen LogP) is 3.93. The van der Waals surface area contributed by atoms with Crippen molar-refractivity contribution < 1.29 is 14.6 Å². The van der Waals surface area contributed by atoms with E-state index < -0.39 is 0 Å². The molecule has 0 saturated carbocycles. The van der Waals surface area contributed by atoms with Gasteiger partial charge in [0.1, 0.15) is 0 Å². The Labute approximate surface area is 170 Å². The van der Waals surface area contributed by atoms with Gasteiger partial charge < -0.3 is 19.7 Å². The van der Waals surface area contributed by atoms with Crippen LogP contribution >= 0.6 is 0 Å². The third-order valence-corrected chi connectivity index (χ3v) is 5.84. The Hall–Kier alpha value is -3.02. The van der Waals surface area contributed by atoms with Crippen LogP contribution in [0.4, 0.5) is 0 Å². The zero-order chi connectivity index (χ0) is 20.8. The maximum atomic E-state index is 13.5. The number of imidazole rings is 1. The summed E-state index contributed by atoms with van der Waals surface area (Å²) >= 11 is 0. The van der Waals surface area contributed by atoms with Crippen molar-refractivity contribution in [1.82, 2.24) is 14.9 Å². The molecule has 0 bridgehead atoms. The number of hydrogen-bond donors (Lipinski definition) is 2. The van der Waals surface area contributed by atoms with E-state index in [1.807, 2.05) is 29.2 Å². The number of aromatic amines is 1. The van der Waals surface area contributed by atoms with E-state index in [0.717, 1.165) is 22.2 Å². The number of nitrogens with zero attached hydrogens (tertiary/aromatic N) is 2. The monoisotopic (exact) mass is 393 g/mol. The first-order valence-electron chi connectivity index (χ1n) is 9.91. The number of aromatic nitrogens is 2. The molecule has 6 nitrogen and oxygen atoms in total. The first kappa shape index (κ1) is 19.3. The quantitative estimate of drug-likeness (QED) is 0.691. The first-order chi connectivity index (χ1) is 13.8. The van der Waals surface area contributed by atoms with Crippen LogP contribution in [0.5, 0.6) is 11.5 Å². The molecule has 1 aromatic heterocycles. The molecule has 0 saturated heterocycles. The largest absolute Gasteiger partial charge is 0.504 e. The number of methoxy groups -OCH3 is 1. The summed E-state index contributed by atoms with van der Waals surface area (Å²) < 4.78 is 5.31. The summed E-state index contributed by atoms with van der Waals surface area (Å²) in [5, 5.41) is 10.2. The number of phenols is 1. The third kappa shape index (κ3) is 3.55. The van der Waals surface area contributed by atoms with Crippen molar-refractivity contribution in [2.75, 3.05) is 13.7 Å². The molecule has 0 spiro atoms. The lowest BCUT2D eigenvalue weighted by molar-refractivity contribution is 0.0532. The van der Waals surface area contributed by atoms with Gasteiger partial charge in [0.2, 0.25) is 0 Å². The third-order valence-electron chi connectivity index (χ3n) is 5.84. The number of rotatable bonds is 2. The molecule has 1 atom stereocenters. The number of fused-ring (bicyclic) bond motifs is 2. The lowest BCUT2D eigenvalue weighted by Crippen LogP contribution is -2.48. The van der Waals surface area contributed by atoms with Gasteiger partial charge >= 0.3 is 0 Å². The van der Waals surface area contributed by atoms with Gasteiger partial charge in [-0.15, -0.1) is 0 Å². The van der Waals surface area contributed by atoms with Crippen molar-refractivity contribution >= 4 is 16.9 Å². The number of aromatic hydroxyl groups is 1. The second-order valence-corrected chi connectivity index (χ2v) is 8.76. The molecule has 6 heteroatoms. The minimum absolute atomic E-state index is 0.0166. The second kappa shape index (κ2) is 7.10. The number of amides is 1. The first-order valence-corrected chi connectivity index (χ1v) is 9.91. The van der Waals surface area contributed by atoms with E-state index >= 15 is 0 Å². The summed E-state index contributed by atoms with van der Waals surface area (Å²) in [6, 6.07) is 9.30. The number of carbonyl (C=O) groups is 1. The molecule has 2 aromatic carbocycles. The van der Waals surface area contributed by atoms with Crippen molar-refractivity contribution in [2.24, 2.45) is 5.41 Å². The molecule has 3 aromatic rings. The van der Waals surface area contributed by atoms with E-state index in [1.165, 1.54) is 0 Å². The van der Waals surface area contributed by atoms with Gasteiger partial charge in [-0.1, -0.05) is 20.8 Å². The number of phenolic OH excluding ortho intramolecular Hbond substituents is 1. The van der Waals surface area contributed by atoms with E-state index in [9.17, 15) is 9.90 Å². The van der Waals surface area contributed by atoms with Crippen molar-refractivity contribution in [1.29, 1.82) is 0 Å². The van der Waals surface area contributed by atoms with Crippen LogP contribution in [0.3, 0.4) is 0 Å². The molecular formula is C23H27N3O3. The summed E-state index contributed by atoms with van der Waals surface area (Å²) in [5.74, 6) is 0.634. The van der Waals surface area contributed by atoms with Crippen molar-refractivity contribution in [3.63, 3.8) is 0 Å². The average molecular weight is 393 g/mol. The number of hydrogen-bond acceptors (Lipinski definition) is 4. The molecule has 0 fully saturated rings. The highest BCUT2D eigenvalue weighted by molar-refractivity contribution is 5.97. The van der Waals surface area contributed by atoms with Gasteiger partial charge in [-0.3, -0.25) is 4.79 Å². The van der Waals surface area contributed by atoms with Crippen LogP contribution in [0.25, 0.3) is 11.0 Å². The fourth-order valence-electron chi connectivity index (χ4n) is 4.21. The molecule has 152 valence electrons. The highest BCUT2D eigenvalue weighted by Crippen LogP contribution is 2.36. The highest BCUT2D eigenvalue weighted by Gasteiger charge is 2.36. The topological polar surface area (TPSA) is 78.5 Å². The smallest absolute Gasteiger partial charge is 0.254 e. The Balaban J connectivity index is 1.72. The number of nitrogens with one attached hydrogen (secondary N) is 1. The minimum Gasteiger partial charge on any atom is -0.504 e. The van der Waals surface area contributed by atoms with Gasteiger partial charge in [-0.25, -0.2) is 4.98 Å². The fraction of sp³-hybridized carbons (Fsp3) is 0.391. The van der Waals surface area contributed by atoms with Gasteiger partial charge in [-0.05, 0) is 59.7 Å². The number of carbonyl (C=O) groups excluding carboxylic acids is 1. The predicted molar refractivity (Wildman–Crippen MR) is 112 cm³/mol. The van der Waals surface area contributed by atoms with E-state index in [-0.39, 0.29) is 23.1 Å². The maximum absolute atomic E-state index is 13.5. The summed E-state index contributed by atoms with van der Waals surface area (Å²) in [5.41, 5.74) is 4.44. The standard InChI is InChI=1S/C23H27N3O3/c1-23(2,3)21-12-16-11-20(29-4)19(27)10-14(16)7-8-26(21)22(28)15-5-6-17-18(9-15)25-13-24-17/h5-6,9-11,13,21,27H,7-8,12H2,1-4H3,(H,24,25). The summed E-state index contributed by atoms with van der Waals surface area (Å²) in [6.45, 7) is 7.09. The van der Waals surface area contributed by atoms with Crippen LogP contribution in [0.15, 0.2) is 36.7 Å². The zero-order valence-electron chi connectivity index (χ0n) is 17.3. The van der Waals surface area contributed by atoms with Crippen LogP contribution in [-0.4, -0.2) is 45.6 Å². The molecule has 1 aliphatic rings. The molecule has 2 N–H and O–H groups in total. The van der Waals surface area contributed by atoms with Gasteiger partial charge in [-0.2, -0.15) is 0 Å².